The molecule has 3 heterocycles. The van der Waals surface area contributed by atoms with E-state index >= 15 is 0 Å². The maximum Gasteiger partial charge on any atom is 0.274 e. The highest BCUT2D eigenvalue weighted by Gasteiger charge is 2.31. The van der Waals surface area contributed by atoms with Gasteiger partial charge in [-0.1, -0.05) is 0 Å². The molecule has 0 aromatic carbocycles. The van der Waals surface area contributed by atoms with Gasteiger partial charge in [0.2, 0.25) is 5.95 Å². The van der Waals surface area contributed by atoms with Gasteiger partial charge in [0, 0.05) is 32.4 Å². The molecule has 0 atom stereocenters. The van der Waals surface area contributed by atoms with Crippen LogP contribution in [0.5, 0.6) is 0 Å². The van der Waals surface area contributed by atoms with Gasteiger partial charge in [-0.25, -0.2) is 4.98 Å². The van der Waals surface area contributed by atoms with Gasteiger partial charge in [-0.2, -0.15) is 0 Å². The number of anilines is 1. The van der Waals surface area contributed by atoms with Crippen LogP contribution < -0.4 is 5.32 Å². The second-order valence-electron chi connectivity index (χ2n) is 5.71. The van der Waals surface area contributed by atoms with E-state index in [0.717, 1.165) is 25.5 Å². The summed E-state index contributed by atoms with van der Waals surface area (Å²) >= 11 is 0. The number of rotatable bonds is 1. The van der Waals surface area contributed by atoms with Crippen molar-refractivity contribution < 1.29 is 9.90 Å². The fourth-order valence-electron chi connectivity index (χ4n) is 2.63. The number of carbonyl (C=O) groups is 1. The quantitative estimate of drug-likeness (QED) is 0.783. The molecule has 3 rings (SSSR count). The molecule has 1 aromatic rings. The zero-order valence-corrected chi connectivity index (χ0v) is 11.2. The van der Waals surface area contributed by atoms with Crippen LogP contribution in [0.15, 0.2) is 6.20 Å². The van der Waals surface area contributed by atoms with Crippen molar-refractivity contribution in [3.63, 3.8) is 0 Å². The van der Waals surface area contributed by atoms with Gasteiger partial charge in [-0.3, -0.25) is 4.79 Å². The first-order valence-corrected chi connectivity index (χ1v) is 6.88. The summed E-state index contributed by atoms with van der Waals surface area (Å²) in [6.45, 7) is 4.85. The molecule has 6 nitrogen and oxygen atoms in total. The van der Waals surface area contributed by atoms with Gasteiger partial charge in [-0.15, -0.1) is 0 Å². The number of hydrogen-bond acceptors (Lipinski definition) is 4. The van der Waals surface area contributed by atoms with Gasteiger partial charge >= 0.3 is 0 Å². The number of fused-ring (bicyclic) bond motifs is 1. The molecule has 1 fully saturated rings. The van der Waals surface area contributed by atoms with Crippen LogP contribution >= 0.6 is 0 Å². The number of aryl methyl sites for hydroxylation is 1. The zero-order valence-electron chi connectivity index (χ0n) is 11.2. The predicted octanol–water partition coefficient (Wildman–Crippen LogP) is 0.686. The Bertz CT molecular complexity index is 461. The summed E-state index contributed by atoms with van der Waals surface area (Å²) < 4.78 is 2.00. The molecule has 2 aliphatic rings. The third-order valence-corrected chi connectivity index (χ3v) is 3.98. The second kappa shape index (κ2) is 4.52. The largest absolute Gasteiger partial charge is 0.390 e. The lowest BCUT2D eigenvalue weighted by atomic mass is 9.94. The van der Waals surface area contributed by atoms with E-state index in [1.54, 1.807) is 4.90 Å². The third-order valence-electron chi connectivity index (χ3n) is 3.98. The molecule has 0 aliphatic carbocycles. The molecule has 0 radical (unpaired) electrons. The molecule has 0 unspecified atom stereocenters. The van der Waals surface area contributed by atoms with Crippen LogP contribution in [-0.4, -0.2) is 50.7 Å². The van der Waals surface area contributed by atoms with E-state index in [1.165, 1.54) is 0 Å². The minimum Gasteiger partial charge on any atom is -0.390 e. The fourth-order valence-corrected chi connectivity index (χ4v) is 2.63. The lowest BCUT2D eigenvalue weighted by Gasteiger charge is -2.35. The molecule has 0 saturated carbocycles. The molecular weight excluding hydrogens is 244 g/mol. The van der Waals surface area contributed by atoms with Gasteiger partial charge < -0.3 is 19.9 Å². The van der Waals surface area contributed by atoms with Crippen molar-refractivity contribution in [3.8, 4) is 0 Å². The smallest absolute Gasteiger partial charge is 0.274 e. The number of carbonyl (C=O) groups excluding carboxylic acids is 1. The highest BCUT2D eigenvalue weighted by Crippen LogP contribution is 2.23. The molecular formula is C13H20N4O2. The predicted molar refractivity (Wildman–Crippen MR) is 71.1 cm³/mol. The molecule has 104 valence electrons. The lowest BCUT2D eigenvalue weighted by molar-refractivity contribution is -0.00218. The molecule has 1 amide bonds. The summed E-state index contributed by atoms with van der Waals surface area (Å²) in [5, 5.41) is 13.1. The zero-order chi connectivity index (χ0) is 13.5. The monoisotopic (exact) mass is 264 g/mol. The number of amides is 1. The van der Waals surface area contributed by atoms with Crippen molar-refractivity contribution in [1.82, 2.24) is 14.5 Å². The molecule has 0 bridgehead atoms. The summed E-state index contributed by atoms with van der Waals surface area (Å²) in [6, 6.07) is 0. The molecule has 1 aromatic heterocycles. The van der Waals surface area contributed by atoms with Gasteiger partial charge in [0.1, 0.15) is 5.69 Å². The summed E-state index contributed by atoms with van der Waals surface area (Å²) in [6.07, 6.45) is 4.15. The standard InChI is InChI=1S/C13H20N4O2/c1-13(19)3-7-16(8-4-13)11(18)10-9-17-6-2-5-14-12(17)15-10/h9,19H,2-8H2,1H3,(H,14,15). The number of aromatic nitrogens is 2. The summed E-state index contributed by atoms with van der Waals surface area (Å²) in [4.78, 5) is 18.5. The topological polar surface area (TPSA) is 70.4 Å². The number of piperidine rings is 1. The maximum absolute atomic E-state index is 12.4. The number of nitrogens with zero attached hydrogens (tertiary/aromatic N) is 3. The van der Waals surface area contributed by atoms with Gasteiger partial charge in [0.05, 0.1) is 5.60 Å². The fraction of sp³-hybridized carbons (Fsp3) is 0.692. The van der Waals surface area contributed by atoms with Crippen LogP contribution in [0.25, 0.3) is 0 Å². The van der Waals surface area contributed by atoms with Crippen molar-refractivity contribution in [3.05, 3.63) is 11.9 Å². The summed E-state index contributed by atoms with van der Waals surface area (Å²) in [7, 11) is 0. The Kier molecular flexibility index (Phi) is 2.97. The summed E-state index contributed by atoms with van der Waals surface area (Å²) in [5.41, 5.74) is -0.128. The van der Waals surface area contributed by atoms with Crippen LogP contribution in [0.1, 0.15) is 36.7 Å². The number of likely N-dealkylation sites (tertiary alicyclic amines) is 1. The number of imidazole rings is 1. The van der Waals surface area contributed by atoms with E-state index in [4.69, 9.17) is 0 Å². The van der Waals surface area contributed by atoms with Crippen LogP contribution in [0, 0.1) is 0 Å². The van der Waals surface area contributed by atoms with Crippen molar-refractivity contribution in [2.75, 3.05) is 25.0 Å². The van der Waals surface area contributed by atoms with Crippen molar-refractivity contribution in [2.24, 2.45) is 0 Å². The molecule has 2 N–H and O–H groups in total. The average molecular weight is 264 g/mol. The minimum absolute atomic E-state index is 0.0285. The van der Waals surface area contributed by atoms with Crippen LogP contribution in [0.3, 0.4) is 0 Å². The van der Waals surface area contributed by atoms with Crippen LogP contribution in [0.4, 0.5) is 5.95 Å². The van der Waals surface area contributed by atoms with Gasteiger partial charge in [-0.05, 0) is 26.2 Å². The number of hydrogen-bond donors (Lipinski definition) is 2. The Morgan fingerprint density at radius 2 is 2.16 bits per heavy atom. The Hall–Kier alpha value is -1.56. The van der Waals surface area contributed by atoms with Crippen LogP contribution in [0.2, 0.25) is 0 Å². The first-order valence-electron chi connectivity index (χ1n) is 6.88. The SMILES string of the molecule is CC1(O)CCN(C(=O)c2cn3c(n2)NCCC3)CC1. The van der Waals surface area contributed by atoms with Gasteiger partial charge in [0.25, 0.3) is 5.91 Å². The highest BCUT2D eigenvalue weighted by atomic mass is 16.3. The van der Waals surface area contributed by atoms with Crippen molar-refractivity contribution >= 4 is 11.9 Å². The minimum atomic E-state index is -0.633. The first-order chi connectivity index (χ1) is 9.05. The number of nitrogens with one attached hydrogen (secondary N) is 1. The highest BCUT2D eigenvalue weighted by molar-refractivity contribution is 5.92. The second-order valence-corrected chi connectivity index (χ2v) is 5.71. The first kappa shape index (κ1) is 12.5. The molecule has 19 heavy (non-hydrogen) atoms. The Morgan fingerprint density at radius 1 is 1.42 bits per heavy atom. The third kappa shape index (κ3) is 2.45. The van der Waals surface area contributed by atoms with Crippen molar-refractivity contribution in [1.29, 1.82) is 0 Å². The normalized spacial score (nSPS) is 21.7. The van der Waals surface area contributed by atoms with E-state index in [0.29, 0.717) is 31.6 Å². The number of aliphatic hydroxyl groups is 1. The molecule has 1 saturated heterocycles. The maximum atomic E-state index is 12.4. The van der Waals surface area contributed by atoms with E-state index in [9.17, 15) is 9.90 Å². The van der Waals surface area contributed by atoms with E-state index in [-0.39, 0.29) is 5.91 Å². The van der Waals surface area contributed by atoms with Crippen LogP contribution in [-0.2, 0) is 6.54 Å². The van der Waals surface area contributed by atoms with E-state index in [2.05, 4.69) is 10.3 Å². The van der Waals surface area contributed by atoms with E-state index < -0.39 is 5.60 Å². The average Bonchev–Trinajstić information content (AvgIpc) is 2.81. The Balaban J connectivity index is 1.72. The molecule has 6 heteroatoms. The van der Waals surface area contributed by atoms with Gasteiger partial charge in [0.15, 0.2) is 0 Å². The Labute approximate surface area is 112 Å². The lowest BCUT2D eigenvalue weighted by Crippen LogP contribution is -2.45. The molecule has 2 aliphatic heterocycles. The van der Waals surface area contributed by atoms with E-state index in [1.807, 2.05) is 17.7 Å². The Morgan fingerprint density at radius 3 is 2.84 bits per heavy atom. The summed E-state index contributed by atoms with van der Waals surface area (Å²) in [5.74, 6) is 0.762. The van der Waals surface area contributed by atoms with Crippen molar-refractivity contribution in [2.45, 2.75) is 38.3 Å². The molecule has 0 spiro atoms.